The van der Waals surface area contributed by atoms with Gasteiger partial charge < -0.3 is 10.6 Å². The molecule has 23 heavy (non-hydrogen) atoms. The van der Waals surface area contributed by atoms with E-state index in [4.69, 9.17) is 0 Å². The number of rotatable bonds is 6. The molecule has 0 unspecified atom stereocenters. The first-order chi connectivity index (χ1) is 11.0. The Morgan fingerprint density at radius 2 is 1.87 bits per heavy atom. The molecule has 0 atom stereocenters. The van der Waals surface area contributed by atoms with Crippen molar-refractivity contribution >= 4 is 23.0 Å². The number of carbonyl (C=O) groups excluding carboxylic acids is 1. The average molecular weight is 313 g/mol. The van der Waals surface area contributed by atoms with Crippen molar-refractivity contribution in [2.24, 2.45) is 0 Å². The van der Waals surface area contributed by atoms with Crippen molar-refractivity contribution in [2.45, 2.75) is 20.3 Å². The second-order valence-electron chi connectivity index (χ2n) is 5.28. The number of anilines is 2. The largest absolute Gasteiger partial charge is 0.379 e. The van der Waals surface area contributed by atoms with Gasteiger partial charge in [0.15, 0.2) is 0 Å². The highest BCUT2D eigenvalue weighted by molar-refractivity contribution is 5.88. The summed E-state index contributed by atoms with van der Waals surface area (Å²) in [6.07, 6.45) is 0.728. The fourth-order valence-electron chi connectivity index (χ4n) is 2.32. The zero-order valence-electron chi connectivity index (χ0n) is 13.1. The molecule has 0 saturated carbocycles. The first-order valence-corrected chi connectivity index (χ1v) is 7.32. The van der Waals surface area contributed by atoms with Crippen LogP contribution in [0.3, 0.4) is 0 Å². The van der Waals surface area contributed by atoms with Crippen LogP contribution in [0.1, 0.15) is 18.1 Å². The number of nitrogens with one attached hydrogen (secondary N) is 2. The molecule has 0 aliphatic rings. The van der Waals surface area contributed by atoms with E-state index in [0.717, 1.165) is 23.2 Å². The van der Waals surface area contributed by atoms with E-state index in [0.29, 0.717) is 12.2 Å². The number of nitrogens with zero attached hydrogens (tertiary/aromatic N) is 1. The van der Waals surface area contributed by atoms with Gasteiger partial charge in [-0.3, -0.25) is 14.9 Å². The molecule has 2 N–H and O–H groups in total. The molecule has 0 bridgehead atoms. The number of benzene rings is 2. The summed E-state index contributed by atoms with van der Waals surface area (Å²) in [7, 11) is 0. The molecule has 2 rings (SSSR count). The van der Waals surface area contributed by atoms with Crippen molar-refractivity contribution in [1.82, 2.24) is 0 Å². The van der Waals surface area contributed by atoms with Gasteiger partial charge in [-0.15, -0.1) is 0 Å². The lowest BCUT2D eigenvalue weighted by Crippen LogP contribution is -2.09. The second kappa shape index (κ2) is 7.40. The van der Waals surface area contributed by atoms with Gasteiger partial charge in [0, 0.05) is 25.2 Å². The highest BCUT2D eigenvalue weighted by atomic mass is 16.6. The van der Waals surface area contributed by atoms with E-state index in [-0.39, 0.29) is 16.5 Å². The Morgan fingerprint density at radius 3 is 2.48 bits per heavy atom. The number of amides is 1. The van der Waals surface area contributed by atoms with E-state index >= 15 is 0 Å². The Balaban J connectivity index is 1.98. The molecular weight excluding hydrogens is 294 g/mol. The number of aryl methyl sites for hydroxylation is 1. The van der Waals surface area contributed by atoms with Crippen LogP contribution < -0.4 is 10.6 Å². The summed E-state index contributed by atoms with van der Waals surface area (Å²) >= 11 is 0. The van der Waals surface area contributed by atoms with Crippen molar-refractivity contribution in [3.8, 4) is 0 Å². The summed E-state index contributed by atoms with van der Waals surface area (Å²) in [6, 6.07) is 12.6. The molecule has 2 aromatic rings. The Hall–Kier alpha value is -2.89. The third-order valence-corrected chi connectivity index (χ3v) is 3.44. The van der Waals surface area contributed by atoms with Gasteiger partial charge in [-0.2, -0.15) is 0 Å². The molecule has 0 aliphatic carbocycles. The van der Waals surface area contributed by atoms with Crippen LogP contribution in [0.5, 0.6) is 0 Å². The Bertz CT molecular complexity index is 712. The fraction of sp³-hybridized carbons (Fsp3) is 0.235. The van der Waals surface area contributed by atoms with Gasteiger partial charge in [-0.05, 0) is 36.6 Å². The standard InChI is InChI=1S/C17H19N3O3/c1-12-4-3-5-16(20(22)23)17(12)18-11-10-14-6-8-15(9-7-14)19-13(2)21/h3-9,18H,10-11H2,1-2H3,(H,19,21). The molecule has 0 aromatic heterocycles. The first kappa shape index (κ1) is 16.5. The molecule has 0 aliphatic heterocycles. The van der Waals surface area contributed by atoms with Crippen LogP contribution in [0.25, 0.3) is 0 Å². The normalized spacial score (nSPS) is 10.2. The average Bonchev–Trinajstić information content (AvgIpc) is 2.49. The lowest BCUT2D eigenvalue weighted by Gasteiger charge is -2.10. The maximum Gasteiger partial charge on any atom is 0.292 e. The zero-order valence-corrected chi connectivity index (χ0v) is 13.1. The van der Waals surface area contributed by atoms with Gasteiger partial charge in [-0.1, -0.05) is 24.3 Å². The van der Waals surface area contributed by atoms with Gasteiger partial charge in [0.2, 0.25) is 5.91 Å². The van der Waals surface area contributed by atoms with Crippen LogP contribution in [-0.2, 0) is 11.2 Å². The summed E-state index contributed by atoms with van der Waals surface area (Å²) in [5.41, 5.74) is 3.34. The summed E-state index contributed by atoms with van der Waals surface area (Å²) in [5, 5.41) is 16.9. The van der Waals surface area contributed by atoms with Gasteiger partial charge >= 0.3 is 0 Å². The Kier molecular flexibility index (Phi) is 5.30. The van der Waals surface area contributed by atoms with Crippen molar-refractivity contribution < 1.29 is 9.72 Å². The first-order valence-electron chi connectivity index (χ1n) is 7.32. The summed E-state index contributed by atoms with van der Waals surface area (Å²) < 4.78 is 0. The summed E-state index contributed by atoms with van der Waals surface area (Å²) in [4.78, 5) is 21.7. The smallest absolute Gasteiger partial charge is 0.292 e. The summed E-state index contributed by atoms with van der Waals surface area (Å²) in [6.45, 7) is 3.90. The topological polar surface area (TPSA) is 84.3 Å². The molecule has 6 nitrogen and oxygen atoms in total. The van der Waals surface area contributed by atoms with Gasteiger partial charge in [0.25, 0.3) is 5.69 Å². The highest BCUT2D eigenvalue weighted by Crippen LogP contribution is 2.27. The van der Waals surface area contributed by atoms with Crippen LogP contribution >= 0.6 is 0 Å². The molecule has 6 heteroatoms. The van der Waals surface area contributed by atoms with Crippen molar-refractivity contribution in [1.29, 1.82) is 0 Å². The molecule has 120 valence electrons. The molecule has 0 saturated heterocycles. The molecule has 1 amide bonds. The second-order valence-corrected chi connectivity index (χ2v) is 5.28. The van der Waals surface area contributed by atoms with Crippen LogP contribution in [-0.4, -0.2) is 17.4 Å². The predicted molar refractivity (Wildman–Crippen MR) is 90.8 cm³/mol. The molecule has 0 radical (unpaired) electrons. The Morgan fingerprint density at radius 1 is 1.17 bits per heavy atom. The number of nitro benzene ring substituents is 1. The van der Waals surface area contributed by atoms with Crippen LogP contribution in [0.4, 0.5) is 17.1 Å². The lowest BCUT2D eigenvalue weighted by molar-refractivity contribution is -0.384. The quantitative estimate of drug-likeness (QED) is 0.631. The SMILES string of the molecule is CC(=O)Nc1ccc(CCNc2c(C)cccc2[N+](=O)[O-])cc1. The monoisotopic (exact) mass is 313 g/mol. The maximum absolute atomic E-state index is 11.1. The minimum atomic E-state index is -0.377. The van der Waals surface area contributed by atoms with E-state index in [9.17, 15) is 14.9 Å². The van der Waals surface area contributed by atoms with Crippen LogP contribution in [0, 0.1) is 17.0 Å². The molecular formula is C17H19N3O3. The predicted octanol–water partition coefficient (Wildman–Crippen LogP) is 3.52. The van der Waals surface area contributed by atoms with Gasteiger partial charge in [-0.25, -0.2) is 0 Å². The Labute approximate surface area is 134 Å². The van der Waals surface area contributed by atoms with E-state index in [1.165, 1.54) is 13.0 Å². The molecule has 0 heterocycles. The minimum Gasteiger partial charge on any atom is -0.379 e. The van der Waals surface area contributed by atoms with E-state index in [2.05, 4.69) is 10.6 Å². The third-order valence-electron chi connectivity index (χ3n) is 3.44. The number of hydrogen-bond acceptors (Lipinski definition) is 4. The van der Waals surface area contributed by atoms with Crippen LogP contribution in [0.15, 0.2) is 42.5 Å². The third kappa shape index (κ3) is 4.54. The van der Waals surface area contributed by atoms with E-state index in [1.807, 2.05) is 37.3 Å². The molecule has 0 spiro atoms. The molecule has 0 fully saturated rings. The number of nitro groups is 1. The summed E-state index contributed by atoms with van der Waals surface area (Å²) in [5.74, 6) is -0.105. The fourth-order valence-corrected chi connectivity index (χ4v) is 2.32. The highest BCUT2D eigenvalue weighted by Gasteiger charge is 2.14. The lowest BCUT2D eigenvalue weighted by atomic mass is 10.1. The number of para-hydroxylation sites is 1. The van der Waals surface area contributed by atoms with E-state index < -0.39 is 0 Å². The van der Waals surface area contributed by atoms with Crippen molar-refractivity contribution in [3.05, 3.63) is 63.7 Å². The number of carbonyl (C=O) groups is 1. The van der Waals surface area contributed by atoms with Crippen molar-refractivity contribution in [2.75, 3.05) is 17.2 Å². The van der Waals surface area contributed by atoms with Gasteiger partial charge in [0.05, 0.1) is 4.92 Å². The number of hydrogen-bond donors (Lipinski definition) is 2. The molecule has 2 aromatic carbocycles. The van der Waals surface area contributed by atoms with E-state index in [1.54, 1.807) is 6.07 Å². The minimum absolute atomic E-state index is 0.0889. The van der Waals surface area contributed by atoms with Crippen molar-refractivity contribution in [3.63, 3.8) is 0 Å². The zero-order chi connectivity index (χ0) is 16.8. The maximum atomic E-state index is 11.1. The van der Waals surface area contributed by atoms with Crippen LogP contribution in [0.2, 0.25) is 0 Å². The van der Waals surface area contributed by atoms with Gasteiger partial charge in [0.1, 0.15) is 5.69 Å².